The lowest BCUT2D eigenvalue weighted by Gasteiger charge is -2.25. The molecule has 1 aliphatic carbocycles. The molecule has 1 aliphatic rings. The number of alkyl carbamates (subject to hydrolysis) is 1. The van der Waals surface area contributed by atoms with E-state index in [2.05, 4.69) is 21.7 Å². The summed E-state index contributed by atoms with van der Waals surface area (Å²) in [6.07, 6.45) is 7.01. The Bertz CT molecular complexity index is 512. The number of pyridine rings is 1. The summed E-state index contributed by atoms with van der Waals surface area (Å²) >= 11 is 0. The SMILES string of the molecule is CC.CC(C)(C)OC(=O)NCCCCNC1CCCc2cccnc21. The molecule has 2 rings (SSSR count). The van der Waals surface area contributed by atoms with Crippen LogP contribution in [-0.2, 0) is 11.2 Å². The van der Waals surface area contributed by atoms with Gasteiger partial charge < -0.3 is 15.4 Å². The molecule has 25 heavy (non-hydrogen) atoms. The molecule has 0 saturated carbocycles. The van der Waals surface area contributed by atoms with E-state index in [1.165, 1.54) is 17.7 Å². The Hall–Kier alpha value is -1.62. The van der Waals surface area contributed by atoms with Gasteiger partial charge in [0.25, 0.3) is 0 Å². The third kappa shape index (κ3) is 8.34. The molecule has 1 amide bonds. The van der Waals surface area contributed by atoms with Gasteiger partial charge in [-0.1, -0.05) is 19.9 Å². The second-order valence-corrected chi connectivity index (χ2v) is 7.08. The van der Waals surface area contributed by atoms with Crippen LogP contribution in [0.25, 0.3) is 0 Å². The quantitative estimate of drug-likeness (QED) is 0.748. The summed E-state index contributed by atoms with van der Waals surface area (Å²) in [7, 11) is 0. The molecule has 0 aliphatic heterocycles. The Kier molecular flexibility index (Phi) is 9.50. The molecule has 0 radical (unpaired) electrons. The molecular formula is C20H35N3O2. The second kappa shape index (κ2) is 11.1. The van der Waals surface area contributed by atoms with Gasteiger partial charge in [0.15, 0.2) is 0 Å². The van der Waals surface area contributed by atoms with Crippen LogP contribution in [0.3, 0.4) is 0 Å². The Balaban J connectivity index is 0.00000151. The van der Waals surface area contributed by atoms with Crippen molar-refractivity contribution in [3.8, 4) is 0 Å². The average molecular weight is 350 g/mol. The fourth-order valence-corrected chi connectivity index (χ4v) is 2.84. The number of aromatic nitrogens is 1. The van der Waals surface area contributed by atoms with E-state index >= 15 is 0 Å². The molecule has 142 valence electrons. The molecule has 5 nitrogen and oxygen atoms in total. The first kappa shape index (κ1) is 21.4. The van der Waals surface area contributed by atoms with Gasteiger partial charge in [-0.2, -0.15) is 0 Å². The smallest absolute Gasteiger partial charge is 0.407 e. The highest BCUT2D eigenvalue weighted by Gasteiger charge is 2.20. The number of nitrogens with zero attached hydrogens (tertiary/aromatic N) is 1. The van der Waals surface area contributed by atoms with Crippen molar-refractivity contribution in [1.29, 1.82) is 0 Å². The summed E-state index contributed by atoms with van der Waals surface area (Å²) in [6.45, 7) is 11.2. The first-order valence-electron chi connectivity index (χ1n) is 9.60. The third-order valence-corrected chi connectivity index (χ3v) is 3.86. The van der Waals surface area contributed by atoms with Crippen LogP contribution in [0.4, 0.5) is 4.79 Å². The first-order chi connectivity index (χ1) is 12.0. The summed E-state index contributed by atoms with van der Waals surface area (Å²) in [6, 6.07) is 4.57. The summed E-state index contributed by atoms with van der Waals surface area (Å²) in [5.41, 5.74) is 2.15. The van der Waals surface area contributed by atoms with Crippen LogP contribution in [0.15, 0.2) is 18.3 Å². The van der Waals surface area contributed by atoms with Gasteiger partial charge in [0.05, 0.1) is 5.69 Å². The monoisotopic (exact) mass is 349 g/mol. The van der Waals surface area contributed by atoms with E-state index in [0.717, 1.165) is 32.2 Å². The minimum atomic E-state index is -0.437. The highest BCUT2D eigenvalue weighted by molar-refractivity contribution is 5.67. The Morgan fingerprint density at radius 2 is 2.00 bits per heavy atom. The standard InChI is InChI=1S/C18H29N3O2.C2H6/c1-18(2,3)23-17(22)21-12-5-4-11-19-15-10-6-8-14-9-7-13-20-16(14)15;1-2/h7,9,13,15,19H,4-6,8,10-12H2,1-3H3,(H,21,22);1-2H3. The highest BCUT2D eigenvalue weighted by atomic mass is 16.6. The Labute approximate surface area is 152 Å². The van der Waals surface area contributed by atoms with Crippen molar-refractivity contribution >= 4 is 6.09 Å². The third-order valence-electron chi connectivity index (χ3n) is 3.86. The van der Waals surface area contributed by atoms with E-state index in [1.807, 2.05) is 46.9 Å². The summed E-state index contributed by atoms with van der Waals surface area (Å²) in [5, 5.41) is 6.39. The van der Waals surface area contributed by atoms with Crippen molar-refractivity contribution in [3.05, 3.63) is 29.6 Å². The van der Waals surface area contributed by atoms with Gasteiger partial charge in [0, 0.05) is 18.8 Å². The van der Waals surface area contributed by atoms with Crippen LogP contribution < -0.4 is 10.6 Å². The van der Waals surface area contributed by atoms with Gasteiger partial charge in [-0.05, 0) is 71.0 Å². The number of fused-ring (bicyclic) bond motifs is 1. The predicted octanol–water partition coefficient (Wildman–Crippen LogP) is 4.38. The number of aryl methyl sites for hydroxylation is 1. The second-order valence-electron chi connectivity index (χ2n) is 7.08. The fraction of sp³-hybridized carbons (Fsp3) is 0.700. The summed E-state index contributed by atoms with van der Waals surface area (Å²) in [4.78, 5) is 16.1. The number of carbonyl (C=O) groups excluding carboxylic acids is 1. The van der Waals surface area contributed by atoms with E-state index < -0.39 is 5.60 Å². The van der Waals surface area contributed by atoms with Crippen molar-refractivity contribution in [2.75, 3.05) is 13.1 Å². The average Bonchev–Trinajstić information content (AvgIpc) is 2.58. The molecule has 0 fully saturated rings. The van der Waals surface area contributed by atoms with Gasteiger partial charge in [-0.3, -0.25) is 4.98 Å². The van der Waals surface area contributed by atoms with Crippen LogP contribution >= 0.6 is 0 Å². The maximum absolute atomic E-state index is 11.5. The molecule has 1 atom stereocenters. The van der Waals surface area contributed by atoms with Crippen molar-refractivity contribution in [2.24, 2.45) is 0 Å². The molecule has 1 aromatic heterocycles. The zero-order valence-electron chi connectivity index (χ0n) is 16.5. The normalized spacial score (nSPS) is 16.3. The fourth-order valence-electron chi connectivity index (χ4n) is 2.84. The molecular weight excluding hydrogens is 314 g/mol. The minimum absolute atomic E-state index is 0.337. The van der Waals surface area contributed by atoms with Crippen molar-refractivity contribution in [2.45, 2.75) is 78.4 Å². The maximum atomic E-state index is 11.5. The molecule has 0 bridgehead atoms. The largest absolute Gasteiger partial charge is 0.444 e. The minimum Gasteiger partial charge on any atom is -0.444 e. The zero-order chi connectivity index (χ0) is 18.7. The molecule has 1 heterocycles. The Morgan fingerprint density at radius 1 is 1.28 bits per heavy atom. The highest BCUT2D eigenvalue weighted by Crippen LogP contribution is 2.27. The van der Waals surface area contributed by atoms with E-state index in [1.54, 1.807) is 0 Å². The molecule has 2 N–H and O–H groups in total. The molecule has 1 aromatic rings. The van der Waals surface area contributed by atoms with Gasteiger partial charge in [0.2, 0.25) is 0 Å². The number of amides is 1. The van der Waals surface area contributed by atoms with Crippen molar-refractivity contribution in [3.63, 3.8) is 0 Å². The van der Waals surface area contributed by atoms with E-state index in [9.17, 15) is 4.79 Å². The lowest BCUT2D eigenvalue weighted by Crippen LogP contribution is -2.33. The topological polar surface area (TPSA) is 63.2 Å². The number of ether oxygens (including phenoxy) is 1. The number of hydrogen-bond donors (Lipinski definition) is 2. The van der Waals surface area contributed by atoms with Crippen LogP contribution in [0.5, 0.6) is 0 Å². The van der Waals surface area contributed by atoms with Crippen LogP contribution in [0.1, 0.15) is 77.6 Å². The number of nitrogens with one attached hydrogen (secondary N) is 2. The number of hydrogen-bond acceptors (Lipinski definition) is 4. The van der Waals surface area contributed by atoms with E-state index in [0.29, 0.717) is 12.6 Å². The Morgan fingerprint density at radius 3 is 2.72 bits per heavy atom. The van der Waals surface area contributed by atoms with Gasteiger partial charge in [-0.15, -0.1) is 0 Å². The lowest BCUT2D eigenvalue weighted by molar-refractivity contribution is 0.0527. The number of rotatable bonds is 6. The molecule has 0 saturated heterocycles. The molecule has 1 unspecified atom stereocenters. The maximum Gasteiger partial charge on any atom is 0.407 e. The first-order valence-corrected chi connectivity index (χ1v) is 9.60. The van der Waals surface area contributed by atoms with Crippen LogP contribution in [0.2, 0.25) is 0 Å². The van der Waals surface area contributed by atoms with Crippen molar-refractivity contribution < 1.29 is 9.53 Å². The zero-order valence-corrected chi connectivity index (χ0v) is 16.5. The van der Waals surface area contributed by atoms with Gasteiger partial charge in [0.1, 0.15) is 5.60 Å². The van der Waals surface area contributed by atoms with E-state index in [-0.39, 0.29) is 6.09 Å². The number of unbranched alkanes of at least 4 members (excludes halogenated alkanes) is 1. The molecule has 0 aromatic carbocycles. The van der Waals surface area contributed by atoms with Crippen LogP contribution in [-0.4, -0.2) is 29.8 Å². The van der Waals surface area contributed by atoms with Gasteiger partial charge >= 0.3 is 6.09 Å². The van der Waals surface area contributed by atoms with Crippen LogP contribution in [0, 0.1) is 0 Å². The van der Waals surface area contributed by atoms with Crippen molar-refractivity contribution in [1.82, 2.24) is 15.6 Å². The molecule has 0 spiro atoms. The summed E-state index contributed by atoms with van der Waals surface area (Å²) < 4.78 is 5.20. The summed E-state index contributed by atoms with van der Waals surface area (Å²) in [5.74, 6) is 0. The molecule has 5 heteroatoms. The van der Waals surface area contributed by atoms with E-state index in [4.69, 9.17) is 4.74 Å². The number of carbonyl (C=O) groups is 1. The van der Waals surface area contributed by atoms with Gasteiger partial charge in [-0.25, -0.2) is 4.79 Å². The predicted molar refractivity (Wildman–Crippen MR) is 103 cm³/mol. The lowest BCUT2D eigenvalue weighted by atomic mass is 9.92.